The summed E-state index contributed by atoms with van der Waals surface area (Å²) in [5.74, 6) is 0.181. The van der Waals surface area contributed by atoms with E-state index in [0.717, 1.165) is 42.8 Å². The molecule has 0 atom stereocenters. The molecule has 4 rings (SSSR count). The number of Topliss-reactive ketones (excluding diaryl/α,β-unsaturated/α-hetero) is 1. The number of fused-ring (bicyclic) bond motifs is 1. The highest BCUT2D eigenvalue weighted by Crippen LogP contribution is 2.26. The first-order chi connectivity index (χ1) is 12.6. The molecule has 1 amide bonds. The molecular formula is C18H19N5O2S. The third kappa shape index (κ3) is 3.21. The first kappa shape index (κ1) is 16.7. The van der Waals surface area contributed by atoms with Gasteiger partial charge in [0.2, 0.25) is 0 Å². The molecule has 0 radical (unpaired) electrons. The van der Waals surface area contributed by atoms with Crippen molar-refractivity contribution in [1.82, 2.24) is 15.5 Å². The molecule has 1 aliphatic heterocycles. The van der Waals surface area contributed by atoms with E-state index in [1.54, 1.807) is 11.4 Å². The van der Waals surface area contributed by atoms with Gasteiger partial charge in [0.15, 0.2) is 11.6 Å². The highest BCUT2D eigenvalue weighted by Gasteiger charge is 2.16. The Labute approximate surface area is 154 Å². The molecule has 3 aromatic rings. The normalized spacial score (nSPS) is 14.6. The maximum Gasteiger partial charge on any atom is 0.257 e. The SMILES string of the molecule is CC(=O)c1cc(C(=O)Nc2n[nH]c3cc(N4CCNCC4)ccc23)cs1. The number of carbonyl (C=O) groups is 2. The summed E-state index contributed by atoms with van der Waals surface area (Å²) in [4.78, 5) is 26.7. The first-order valence-electron chi connectivity index (χ1n) is 8.46. The molecule has 3 N–H and O–H groups in total. The molecule has 1 aliphatic rings. The van der Waals surface area contributed by atoms with E-state index in [9.17, 15) is 9.59 Å². The number of rotatable bonds is 4. The second-order valence-corrected chi connectivity index (χ2v) is 7.16. The van der Waals surface area contributed by atoms with Gasteiger partial charge in [-0.15, -0.1) is 11.3 Å². The molecule has 7 nitrogen and oxygen atoms in total. The van der Waals surface area contributed by atoms with Gasteiger partial charge in [-0.25, -0.2) is 0 Å². The minimum atomic E-state index is -0.270. The number of piperazine rings is 1. The van der Waals surface area contributed by atoms with Gasteiger partial charge in [0, 0.05) is 42.6 Å². The molecule has 0 aliphatic carbocycles. The minimum Gasteiger partial charge on any atom is -0.369 e. The molecule has 0 spiro atoms. The van der Waals surface area contributed by atoms with E-state index in [1.807, 2.05) is 6.07 Å². The number of thiophene rings is 1. The Morgan fingerprint density at radius 1 is 1.23 bits per heavy atom. The van der Waals surface area contributed by atoms with Crippen LogP contribution in [0.1, 0.15) is 27.0 Å². The van der Waals surface area contributed by atoms with E-state index in [4.69, 9.17) is 0 Å². The number of nitrogens with zero attached hydrogens (tertiary/aromatic N) is 2. The van der Waals surface area contributed by atoms with Crippen LogP contribution in [0.5, 0.6) is 0 Å². The van der Waals surface area contributed by atoms with Crippen molar-refractivity contribution in [3.8, 4) is 0 Å². The van der Waals surface area contributed by atoms with E-state index in [0.29, 0.717) is 16.3 Å². The molecule has 1 fully saturated rings. The molecule has 0 bridgehead atoms. The molecule has 2 aromatic heterocycles. The highest BCUT2D eigenvalue weighted by molar-refractivity contribution is 7.12. The summed E-state index contributed by atoms with van der Waals surface area (Å²) in [5.41, 5.74) is 2.49. The van der Waals surface area contributed by atoms with Gasteiger partial charge in [-0.05, 0) is 31.2 Å². The summed E-state index contributed by atoms with van der Waals surface area (Å²) < 4.78 is 0. The van der Waals surface area contributed by atoms with Crippen LogP contribution in [0.3, 0.4) is 0 Å². The lowest BCUT2D eigenvalue weighted by molar-refractivity contribution is 0.102. The number of amides is 1. The number of hydrogen-bond donors (Lipinski definition) is 3. The fraction of sp³-hybridized carbons (Fsp3) is 0.278. The third-order valence-electron chi connectivity index (χ3n) is 4.47. The Kier molecular flexibility index (Phi) is 4.44. The van der Waals surface area contributed by atoms with Crippen molar-refractivity contribution >= 4 is 45.4 Å². The standard InChI is InChI=1S/C18H19N5O2S/c1-11(24)16-8-12(10-26-16)18(25)20-17-14-3-2-13(9-15(14)21-22-17)23-6-4-19-5-7-23/h2-3,8-10,19H,4-7H2,1H3,(H2,20,21,22,25). The van der Waals surface area contributed by atoms with Crippen LogP contribution in [-0.4, -0.2) is 48.1 Å². The van der Waals surface area contributed by atoms with Crippen molar-refractivity contribution in [3.05, 3.63) is 40.1 Å². The number of hydrogen-bond acceptors (Lipinski definition) is 6. The number of H-pyrrole nitrogens is 1. The van der Waals surface area contributed by atoms with Crippen molar-refractivity contribution in [1.29, 1.82) is 0 Å². The first-order valence-corrected chi connectivity index (χ1v) is 9.34. The van der Waals surface area contributed by atoms with E-state index >= 15 is 0 Å². The van der Waals surface area contributed by atoms with Crippen LogP contribution < -0.4 is 15.5 Å². The fourth-order valence-corrected chi connectivity index (χ4v) is 3.83. The number of aromatic nitrogens is 2. The topological polar surface area (TPSA) is 90.1 Å². The highest BCUT2D eigenvalue weighted by atomic mass is 32.1. The summed E-state index contributed by atoms with van der Waals surface area (Å²) in [5, 5.41) is 15.9. The summed E-state index contributed by atoms with van der Waals surface area (Å²) >= 11 is 1.27. The van der Waals surface area contributed by atoms with Crippen LogP contribution in [-0.2, 0) is 0 Å². The van der Waals surface area contributed by atoms with Crippen LogP contribution in [0.4, 0.5) is 11.5 Å². The second kappa shape index (κ2) is 6.89. The molecule has 1 saturated heterocycles. The average Bonchev–Trinajstić information content (AvgIpc) is 3.30. The molecule has 0 saturated carbocycles. The van der Waals surface area contributed by atoms with Crippen LogP contribution in [0, 0.1) is 0 Å². The van der Waals surface area contributed by atoms with Crippen molar-refractivity contribution in [2.24, 2.45) is 0 Å². The van der Waals surface area contributed by atoms with Crippen molar-refractivity contribution in [3.63, 3.8) is 0 Å². The maximum absolute atomic E-state index is 12.4. The Hall–Kier alpha value is -2.71. The predicted octanol–water partition coefficient (Wildman–Crippen LogP) is 2.49. The lowest BCUT2D eigenvalue weighted by Crippen LogP contribution is -2.43. The zero-order chi connectivity index (χ0) is 18.1. The predicted molar refractivity (Wildman–Crippen MR) is 103 cm³/mol. The van der Waals surface area contributed by atoms with E-state index < -0.39 is 0 Å². The smallest absolute Gasteiger partial charge is 0.257 e. The van der Waals surface area contributed by atoms with Gasteiger partial charge >= 0.3 is 0 Å². The van der Waals surface area contributed by atoms with E-state index in [1.165, 1.54) is 18.3 Å². The number of anilines is 2. The van der Waals surface area contributed by atoms with Gasteiger partial charge in [0.25, 0.3) is 5.91 Å². The van der Waals surface area contributed by atoms with Gasteiger partial charge in [0.1, 0.15) is 0 Å². The molecule has 26 heavy (non-hydrogen) atoms. The molecule has 0 unspecified atom stereocenters. The van der Waals surface area contributed by atoms with Crippen LogP contribution in [0.25, 0.3) is 10.9 Å². The zero-order valence-corrected chi connectivity index (χ0v) is 15.2. The Morgan fingerprint density at radius 2 is 2.04 bits per heavy atom. The Morgan fingerprint density at radius 3 is 2.77 bits per heavy atom. The van der Waals surface area contributed by atoms with E-state index in [2.05, 4.69) is 37.9 Å². The summed E-state index contributed by atoms with van der Waals surface area (Å²) in [6.07, 6.45) is 0. The van der Waals surface area contributed by atoms with Gasteiger partial charge in [-0.1, -0.05) is 0 Å². The largest absolute Gasteiger partial charge is 0.369 e. The molecule has 8 heteroatoms. The van der Waals surface area contributed by atoms with Crippen molar-refractivity contribution < 1.29 is 9.59 Å². The van der Waals surface area contributed by atoms with E-state index in [-0.39, 0.29) is 11.7 Å². The Balaban J connectivity index is 1.55. The fourth-order valence-electron chi connectivity index (χ4n) is 3.04. The van der Waals surface area contributed by atoms with Crippen molar-refractivity contribution in [2.75, 3.05) is 36.4 Å². The number of ketones is 1. The zero-order valence-electron chi connectivity index (χ0n) is 14.3. The summed E-state index contributed by atoms with van der Waals surface area (Å²) in [7, 11) is 0. The van der Waals surface area contributed by atoms with Crippen LogP contribution in [0.15, 0.2) is 29.6 Å². The van der Waals surface area contributed by atoms with Gasteiger partial charge in [-0.3, -0.25) is 14.7 Å². The molecule has 134 valence electrons. The maximum atomic E-state index is 12.4. The molecular weight excluding hydrogens is 350 g/mol. The monoisotopic (exact) mass is 369 g/mol. The average molecular weight is 369 g/mol. The van der Waals surface area contributed by atoms with Crippen LogP contribution >= 0.6 is 11.3 Å². The van der Waals surface area contributed by atoms with Gasteiger partial charge in [-0.2, -0.15) is 5.10 Å². The second-order valence-electron chi connectivity index (χ2n) is 6.25. The quantitative estimate of drug-likeness (QED) is 0.615. The summed E-state index contributed by atoms with van der Waals surface area (Å²) in [6.45, 7) is 5.39. The summed E-state index contributed by atoms with van der Waals surface area (Å²) in [6, 6.07) is 7.69. The number of benzene rings is 1. The number of nitrogens with one attached hydrogen (secondary N) is 3. The number of carbonyl (C=O) groups excluding carboxylic acids is 2. The third-order valence-corrected chi connectivity index (χ3v) is 5.50. The molecule has 1 aromatic carbocycles. The van der Waals surface area contributed by atoms with Gasteiger partial charge in [0.05, 0.1) is 16.0 Å². The van der Waals surface area contributed by atoms with Crippen LogP contribution in [0.2, 0.25) is 0 Å². The van der Waals surface area contributed by atoms with Gasteiger partial charge < -0.3 is 15.5 Å². The lowest BCUT2D eigenvalue weighted by atomic mass is 10.2. The number of aromatic amines is 1. The Bertz CT molecular complexity index is 971. The lowest BCUT2D eigenvalue weighted by Gasteiger charge is -2.29. The van der Waals surface area contributed by atoms with Crippen molar-refractivity contribution in [2.45, 2.75) is 6.92 Å². The minimum absolute atomic E-state index is 0.0419. The molecule has 3 heterocycles.